The molecule has 0 atom stereocenters. The second-order valence-electron chi connectivity index (χ2n) is 3.62. The summed E-state index contributed by atoms with van der Waals surface area (Å²) in [6.45, 7) is 0. The molecule has 0 spiro atoms. The molecular weight excluding hydrogens is 232 g/mol. The van der Waals surface area contributed by atoms with Crippen molar-refractivity contribution in [1.29, 1.82) is 0 Å². The molecule has 0 amide bonds. The molecule has 0 saturated heterocycles. The summed E-state index contributed by atoms with van der Waals surface area (Å²) in [4.78, 5) is 0. The molecule has 80 valence electrons. The standard InChI is InChI=1S/C14H13ClSi/c15-11-12-16(13-7-3-1-4-8-13)14-9-5-2-6-10-14/h1-12,16H. The number of hydrogen-bond acceptors (Lipinski definition) is 0. The van der Waals surface area contributed by atoms with Crippen LogP contribution in [0.25, 0.3) is 0 Å². The van der Waals surface area contributed by atoms with E-state index in [4.69, 9.17) is 11.6 Å². The predicted octanol–water partition coefficient (Wildman–Crippen LogP) is 2.32. The smallest absolute Gasteiger partial charge is 0.0937 e. The Hall–Kier alpha value is -1.31. The van der Waals surface area contributed by atoms with E-state index in [2.05, 4.69) is 54.2 Å². The highest BCUT2D eigenvalue weighted by Gasteiger charge is 2.11. The van der Waals surface area contributed by atoms with Crippen molar-refractivity contribution in [3.8, 4) is 0 Å². The lowest BCUT2D eigenvalue weighted by atomic mass is 10.4. The molecule has 2 rings (SSSR count). The van der Waals surface area contributed by atoms with Crippen molar-refractivity contribution in [3.63, 3.8) is 0 Å². The highest BCUT2D eigenvalue weighted by molar-refractivity contribution is 6.89. The van der Waals surface area contributed by atoms with Crippen LogP contribution in [0.1, 0.15) is 0 Å². The zero-order valence-electron chi connectivity index (χ0n) is 8.88. The first-order valence-electron chi connectivity index (χ1n) is 5.28. The van der Waals surface area contributed by atoms with Crippen molar-refractivity contribution < 1.29 is 0 Å². The maximum absolute atomic E-state index is 5.75. The van der Waals surface area contributed by atoms with Gasteiger partial charge < -0.3 is 0 Å². The van der Waals surface area contributed by atoms with Gasteiger partial charge in [0.15, 0.2) is 0 Å². The van der Waals surface area contributed by atoms with E-state index in [9.17, 15) is 0 Å². The van der Waals surface area contributed by atoms with Crippen LogP contribution in [-0.2, 0) is 0 Å². The third-order valence-electron chi connectivity index (χ3n) is 2.58. The Morgan fingerprint density at radius 2 is 1.19 bits per heavy atom. The van der Waals surface area contributed by atoms with E-state index in [0.717, 1.165) is 0 Å². The van der Waals surface area contributed by atoms with Crippen molar-refractivity contribution in [2.45, 2.75) is 0 Å². The predicted molar refractivity (Wildman–Crippen MR) is 74.3 cm³/mol. The van der Waals surface area contributed by atoms with Crippen molar-refractivity contribution in [3.05, 3.63) is 71.9 Å². The Morgan fingerprint density at radius 1 is 0.750 bits per heavy atom. The zero-order chi connectivity index (χ0) is 11.2. The van der Waals surface area contributed by atoms with Crippen LogP contribution in [0, 0.1) is 0 Å². The van der Waals surface area contributed by atoms with Gasteiger partial charge in [-0.25, -0.2) is 0 Å². The molecule has 0 unspecified atom stereocenters. The van der Waals surface area contributed by atoms with Gasteiger partial charge in [-0.1, -0.05) is 88.3 Å². The zero-order valence-corrected chi connectivity index (χ0v) is 10.8. The molecule has 0 bridgehead atoms. The van der Waals surface area contributed by atoms with Crippen LogP contribution in [0.4, 0.5) is 0 Å². The molecule has 0 saturated carbocycles. The van der Waals surface area contributed by atoms with Crippen molar-refractivity contribution in [2.75, 3.05) is 0 Å². The highest BCUT2D eigenvalue weighted by atomic mass is 35.5. The molecule has 0 aliphatic rings. The topological polar surface area (TPSA) is 0 Å². The van der Waals surface area contributed by atoms with E-state index >= 15 is 0 Å². The van der Waals surface area contributed by atoms with Crippen molar-refractivity contribution in [1.82, 2.24) is 0 Å². The van der Waals surface area contributed by atoms with Gasteiger partial charge in [-0.2, -0.15) is 0 Å². The van der Waals surface area contributed by atoms with Gasteiger partial charge in [-0.3, -0.25) is 0 Å². The lowest BCUT2D eigenvalue weighted by molar-refractivity contribution is 1.73. The van der Waals surface area contributed by atoms with E-state index in [1.807, 2.05) is 12.1 Å². The van der Waals surface area contributed by atoms with Crippen LogP contribution in [0.15, 0.2) is 71.9 Å². The summed E-state index contributed by atoms with van der Waals surface area (Å²) >= 11 is 5.75. The summed E-state index contributed by atoms with van der Waals surface area (Å²) in [5, 5.41) is 2.79. The molecule has 0 aliphatic carbocycles. The third kappa shape index (κ3) is 2.63. The summed E-state index contributed by atoms with van der Waals surface area (Å²) in [6.07, 6.45) is 0. The van der Waals surface area contributed by atoms with E-state index < -0.39 is 8.80 Å². The normalized spacial score (nSPS) is 11.1. The summed E-state index contributed by atoms with van der Waals surface area (Å²) in [5.41, 5.74) is 3.79. The third-order valence-corrected chi connectivity index (χ3v) is 5.76. The number of benzene rings is 2. The van der Waals surface area contributed by atoms with Gasteiger partial charge in [0.1, 0.15) is 8.80 Å². The Balaban J connectivity index is 2.39. The van der Waals surface area contributed by atoms with Gasteiger partial charge in [0.2, 0.25) is 0 Å². The lowest BCUT2D eigenvalue weighted by Gasteiger charge is -2.11. The van der Waals surface area contributed by atoms with Crippen molar-refractivity contribution in [2.24, 2.45) is 0 Å². The van der Waals surface area contributed by atoms with E-state index in [1.54, 1.807) is 5.54 Å². The maximum atomic E-state index is 5.75. The first-order valence-corrected chi connectivity index (χ1v) is 7.54. The molecule has 0 aliphatic heterocycles. The Morgan fingerprint density at radius 3 is 1.56 bits per heavy atom. The number of hydrogen-bond donors (Lipinski definition) is 0. The quantitative estimate of drug-likeness (QED) is 0.727. The van der Waals surface area contributed by atoms with Crippen LogP contribution in [0.5, 0.6) is 0 Å². The van der Waals surface area contributed by atoms with E-state index in [1.165, 1.54) is 10.4 Å². The average molecular weight is 245 g/mol. The van der Waals surface area contributed by atoms with Gasteiger partial charge in [-0.05, 0) is 5.54 Å². The monoisotopic (exact) mass is 244 g/mol. The van der Waals surface area contributed by atoms with E-state index in [-0.39, 0.29) is 0 Å². The Kier molecular flexibility index (Phi) is 3.97. The van der Waals surface area contributed by atoms with Gasteiger partial charge >= 0.3 is 0 Å². The second kappa shape index (κ2) is 5.68. The average Bonchev–Trinajstić information content (AvgIpc) is 2.38. The summed E-state index contributed by atoms with van der Waals surface area (Å²) in [5.74, 6) is 0. The molecule has 2 aromatic carbocycles. The van der Waals surface area contributed by atoms with Crippen LogP contribution in [-0.4, -0.2) is 8.80 Å². The molecule has 16 heavy (non-hydrogen) atoms. The van der Waals surface area contributed by atoms with Crippen LogP contribution in [0.3, 0.4) is 0 Å². The van der Waals surface area contributed by atoms with Gasteiger partial charge in [0, 0.05) is 0 Å². The Labute approximate surface area is 103 Å². The molecule has 0 heterocycles. The fourth-order valence-corrected chi connectivity index (χ4v) is 4.49. The van der Waals surface area contributed by atoms with Gasteiger partial charge in [0.25, 0.3) is 0 Å². The lowest BCUT2D eigenvalue weighted by Crippen LogP contribution is -2.40. The molecule has 0 aromatic heterocycles. The van der Waals surface area contributed by atoms with E-state index in [0.29, 0.717) is 0 Å². The SMILES string of the molecule is ClC=C[SiH](c1ccccc1)c1ccccc1. The number of rotatable bonds is 3. The van der Waals surface area contributed by atoms with Gasteiger partial charge in [-0.15, -0.1) is 0 Å². The molecule has 0 radical (unpaired) electrons. The van der Waals surface area contributed by atoms with Crippen LogP contribution >= 0.6 is 11.6 Å². The summed E-state index contributed by atoms with van der Waals surface area (Å²) in [6, 6.07) is 21.2. The molecule has 0 N–H and O–H groups in total. The largest absolute Gasteiger partial charge is 0.126 e. The maximum Gasteiger partial charge on any atom is 0.126 e. The van der Waals surface area contributed by atoms with Crippen LogP contribution in [0.2, 0.25) is 0 Å². The minimum absolute atomic E-state index is 1.26. The molecule has 2 aromatic rings. The second-order valence-corrected chi connectivity index (χ2v) is 6.54. The highest BCUT2D eigenvalue weighted by Crippen LogP contribution is 1.95. The molecule has 0 nitrogen and oxygen atoms in total. The van der Waals surface area contributed by atoms with Crippen LogP contribution < -0.4 is 10.4 Å². The molecule has 2 heteroatoms. The molecule has 0 fully saturated rings. The first kappa shape index (κ1) is 11.2. The molecular formula is C14H13ClSi. The van der Waals surface area contributed by atoms with Crippen molar-refractivity contribution >= 4 is 30.8 Å². The summed E-state index contributed by atoms with van der Waals surface area (Å²) in [7, 11) is -1.26. The fraction of sp³-hybridized carbons (Fsp3) is 0. The first-order chi connectivity index (χ1) is 7.92. The Bertz CT molecular complexity index is 411. The summed E-state index contributed by atoms with van der Waals surface area (Å²) < 4.78 is 0. The minimum Gasteiger partial charge on any atom is -0.0937 e. The van der Waals surface area contributed by atoms with Gasteiger partial charge in [0.05, 0.1) is 0 Å². The fourth-order valence-electron chi connectivity index (χ4n) is 1.81. The number of halogens is 1. The minimum atomic E-state index is -1.26.